The lowest BCUT2D eigenvalue weighted by Gasteiger charge is -1.99. The third-order valence-electron chi connectivity index (χ3n) is 1.78. The van der Waals surface area contributed by atoms with Crippen LogP contribution in [0.4, 0.5) is 0 Å². The van der Waals surface area contributed by atoms with E-state index in [1.807, 2.05) is 13.1 Å². The number of rotatable bonds is 5. The lowest BCUT2D eigenvalue weighted by atomic mass is 10.2. The molecule has 0 aliphatic carbocycles. The van der Waals surface area contributed by atoms with Crippen molar-refractivity contribution < 1.29 is 0 Å². The Hall–Kier alpha value is -0.920. The van der Waals surface area contributed by atoms with Crippen LogP contribution in [0.2, 0.25) is 0 Å². The number of halogens is 1. The van der Waals surface area contributed by atoms with Crippen LogP contribution in [-0.4, -0.2) is 27.8 Å². The van der Waals surface area contributed by atoms with E-state index in [-0.39, 0.29) is 0 Å². The first-order chi connectivity index (χ1) is 7.17. The van der Waals surface area contributed by atoms with Crippen LogP contribution in [0.25, 0.3) is 0 Å². The van der Waals surface area contributed by atoms with Gasteiger partial charge in [-0.3, -0.25) is 0 Å². The highest BCUT2D eigenvalue weighted by Gasteiger charge is 2.07. The molecule has 15 heavy (non-hydrogen) atoms. The lowest BCUT2D eigenvalue weighted by Crippen LogP contribution is -2.06. The van der Waals surface area contributed by atoms with Gasteiger partial charge in [0.2, 0.25) is 0 Å². The molecule has 0 radical (unpaired) electrons. The van der Waals surface area contributed by atoms with Crippen LogP contribution in [-0.2, 0) is 13.5 Å². The zero-order valence-electron chi connectivity index (χ0n) is 8.79. The Bertz CT molecular complexity index is 369. The number of hydrogen-bond donors (Lipinski definition) is 2. The van der Waals surface area contributed by atoms with E-state index in [4.69, 9.17) is 5.41 Å². The monoisotopic (exact) mass is 319 g/mol. The van der Waals surface area contributed by atoms with Crippen molar-refractivity contribution in [1.82, 2.24) is 20.3 Å². The fourth-order valence-electron chi connectivity index (χ4n) is 1.10. The molecule has 6 heteroatoms. The minimum Gasteiger partial charge on any atom is -0.391 e. The molecule has 2 N–H and O–H groups in total. The first kappa shape index (κ1) is 12.2. The van der Waals surface area contributed by atoms with E-state index in [0.29, 0.717) is 6.42 Å². The van der Waals surface area contributed by atoms with Gasteiger partial charge in [-0.1, -0.05) is 0 Å². The summed E-state index contributed by atoms with van der Waals surface area (Å²) in [5, 5.41) is 18.7. The SMILES string of the molecule is CCN/C=C(\C=N)Cc1nn(C)nc1I. The number of nitrogens with one attached hydrogen (secondary N) is 2. The van der Waals surface area contributed by atoms with Gasteiger partial charge in [-0.25, -0.2) is 0 Å². The largest absolute Gasteiger partial charge is 0.391 e. The van der Waals surface area contributed by atoms with Gasteiger partial charge < -0.3 is 10.7 Å². The van der Waals surface area contributed by atoms with E-state index in [1.54, 1.807) is 11.8 Å². The van der Waals surface area contributed by atoms with Gasteiger partial charge in [-0.2, -0.15) is 9.90 Å². The van der Waals surface area contributed by atoms with Gasteiger partial charge in [0.15, 0.2) is 0 Å². The molecule has 0 spiro atoms. The molecule has 0 amide bonds. The van der Waals surface area contributed by atoms with E-state index < -0.39 is 0 Å². The van der Waals surface area contributed by atoms with Crippen LogP contribution in [0, 0.1) is 9.11 Å². The Kier molecular flexibility index (Phi) is 4.73. The molecule has 0 atom stereocenters. The molecule has 5 nitrogen and oxygen atoms in total. The summed E-state index contributed by atoms with van der Waals surface area (Å²) in [6, 6.07) is 0. The van der Waals surface area contributed by atoms with Crippen molar-refractivity contribution in [3.8, 4) is 0 Å². The number of hydrogen-bond acceptors (Lipinski definition) is 4. The molecule has 0 saturated carbocycles. The van der Waals surface area contributed by atoms with Crippen molar-refractivity contribution in [1.29, 1.82) is 5.41 Å². The van der Waals surface area contributed by atoms with Gasteiger partial charge in [-0.05, 0) is 35.1 Å². The Morgan fingerprint density at radius 1 is 1.60 bits per heavy atom. The van der Waals surface area contributed by atoms with Crippen molar-refractivity contribution in [3.05, 3.63) is 21.2 Å². The predicted octanol–water partition coefficient (Wildman–Crippen LogP) is 1.11. The third-order valence-corrected chi connectivity index (χ3v) is 2.62. The maximum absolute atomic E-state index is 7.27. The van der Waals surface area contributed by atoms with Crippen molar-refractivity contribution >= 4 is 28.8 Å². The molecular formula is C9H14IN5. The first-order valence-electron chi connectivity index (χ1n) is 4.66. The van der Waals surface area contributed by atoms with Crippen LogP contribution in [0.15, 0.2) is 11.8 Å². The molecule has 0 aliphatic rings. The fourth-order valence-corrected chi connectivity index (χ4v) is 1.71. The van der Waals surface area contributed by atoms with Crippen molar-refractivity contribution in [2.75, 3.05) is 6.54 Å². The zero-order chi connectivity index (χ0) is 11.3. The summed E-state index contributed by atoms with van der Waals surface area (Å²) >= 11 is 2.15. The summed E-state index contributed by atoms with van der Waals surface area (Å²) in [6.07, 6.45) is 3.83. The van der Waals surface area contributed by atoms with E-state index in [1.165, 1.54) is 6.21 Å². The molecule has 1 aromatic heterocycles. The molecule has 82 valence electrons. The van der Waals surface area contributed by atoms with Gasteiger partial charge in [0.1, 0.15) is 9.39 Å². The van der Waals surface area contributed by atoms with Gasteiger partial charge in [-0.15, -0.1) is 5.10 Å². The molecule has 1 heterocycles. The second kappa shape index (κ2) is 5.84. The van der Waals surface area contributed by atoms with Crippen molar-refractivity contribution in [3.63, 3.8) is 0 Å². The summed E-state index contributed by atoms with van der Waals surface area (Å²) in [4.78, 5) is 1.55. The molecule has 0 saturated heterocycles. The molecule has 0 fully saturated rings. The summed E-state index contributed by atoms with van der Waals surface area (Å²) in [5.41, 5.74) is 1.81. The summed E-state index contributed by atoms with van der Waals surface area (Å²) in [5.74, 6) is 0. The van der Waals surface area contributed by atoms with Crippen LogP contribution < -0.4 is 5.32 Å². The summed E-state index contributed by atoms with van der Waals surface area (Å²) in [6.45, 7) is 2.87. The normalized spacial score (nSPS) is 11.5. The summed E-state index contributed by atoms with van der Waals surface area (Å²) < 4.78 is 0.888. The van der Waals surface area contributed by atoms with Gasteiger partial charge >= 0.3 is 0 Å². The standard InChI is InChI=1S/C9H14IN5/c1-3-12-6-7(5-11)4-8-9(10)14-15(2)13-8/h5-6,11-12H,3-4H2,1-2H3/b7-6-,11-5?. The average molecular weight is 319 g/mol. The van der Waals surface area contributed by atoms with Crippen molar-refractivity contribution in [2.45, 2.75) is 13.3 Å². The third kappa shape index (κ3) is 3.61. The quantitative estimate of drug-likeness (QED) is 0.631. The lowest BCUT2D eigenvalue weighted by molar-refractivity contribution is 0.644. The molecule has 0 aromatic carbocycles. The Labute approximate surface area is 103 Å². The molecule has 1 aromatic rings. The zero-order valence-corrected chi connectivity index (χ0v) is 10.9. The van der Waals surface area contributed by atoms with Crippen LogP contribution in [0.3, 0.4) is 0 Å². The number of allylic oxidation sites excluding steroid dienone is 1. The van der Waals surface area contributed by atoms with Crippen LogP contribution in [0.5, 0.6) is 0 Å². The molecular weight excluding hydrogens is 305 g/mol. The minimum atomic E-state index is 0.641. The molecule has 0 aliphatic heterocycles. The predicted molar refractivity (Wildman–Crippen MR) is 68.0 cm³/mol. The van der Waals surface area contributed by atoms with E-state index >= 15 is 0 Å². The van der Waals surface area contributed by atoms with E-state index in [9.17, 15) is 0 Å². The van der Waals surface area contributed by atoms with E-state index in [0.717, 1.165) is 21.5 Å². The highest BCUT2D eigenvalue weighted by Crippen LogP contribution is 2.09. The Morgan fingerprint density at radius 3 is 2.80 bits per heavy atom. The smallest absolute Gasteiger partial charge is 0.147 e. The molecule has 0 bridgehead atoms. The van der Waals surface area contributed by atoms with Crippen molar-refractivity contribution in [2.24, 2.45) is 7.05 Å². The number of aromatic nitrogens is 3. The minimum absolute atomic E-state index is 0.641. The first-order valence-corrected chi connectivity index (χ1v) is 5.73. The average Bonchev–Trinajstić information content (AvgIpc) is 2.52. The second-order valence-corrected chi connectivity index (χ2v) is 4.05. The summed E-state index contributed by atoms with van der Waals surface area (Å²) in [7, 11) is 1.80. The highest BCUT2D eigenvalue weighted by molar-refractivity contribution is 14.1. The molecule has 0 unspecified atom stereocenters. The number of nitrogens with zero attached hydrogens (tertiary/aromatic N) is 3. The van der Waals surface area contributed by atoms with Gasteiger partial charge in [0.05, 0.1) is 0 Å². The molecule has 1 rings (SSSR count). The Morgan fingerprint density at radius 2 is 2.33 bits per heavy atom. The number of aryl methyl sites for hydroxylation is 1. The van der Waals surface area contributed by atoms with Gasteiger partial charge in [0, 0.05) is 32.4 Å². The van der Waals surface area contributed by atoms with Gasteiger partial charge in [0.25, 0.3) is 0 Å². The topological polar surface area (TPSA) is 66.6 Å². The van der Waals surface area contributed by atoms with Crippen LogP contribution in [0.1, 0.15) is 12.6 Å². The maximum atomic E-state index is 7.27. The highest BCUT2D eigenvalue weighted by atomic mass is 127. The van der Waals surface area contributed by atoms with Crippen LogP contribution >= 0.6 is 22.6 Å². The second-order valence-electron chi connectivity index (χ2n) is 3.02. The Balaban J connectivity index is 2.74. The fraction of sp³-hybridized carbons (Fsp3) is 0.444. The van der Waals surface area contributed by atoms with E-state index in [2.05, 4.69) is 38.1 Å². The maximum Gasteiger partial charge on any atom is 0.147 e.